The van der Waals surface area contributed by atoms with Gasteiger partial charge in [-0.2, -0.15) is 0 Å². The van der Waals surface area contributed by atoms with Gasteiger partial charge in [-0.05, 0) is 48.7 Å². The Morgan fingerprint density at radius 2 is 1.86 bits per heavy atom. The molecule has 5 heteroatoms. The minimum atomic E-state index is 0.0189. The van der Waals surface area contributed by atoms with E-state index in [4.69, 9.17) is 16.3 Å². The standard InChI is InChI=1S/C23H23ClN2O2/c1-28-22-11-5-3-9-20(22)23(27)26(18-12-13-18)16-19-8-6-14-25(19)15-17-7-2-4-10-21(17)24/h2-11,14,18H,12-13,15-16H2,1H3. The zero-order chi connectivity index (χ0) is 19.5. The number of rotatable bonds is 7. The lowest BCUT2D eigenvalue weighted by Crippen LogP contribution is -2.33. The van der Waals surface area contributed by atoms with E-state index >= 15 is 0 Å². The van der Waals surface area contributed by atoms with Gasteiger partial charge in [0, 0.05) is 29.5 Å². The number of benzene rings is 2. The molecule has 4 nitrogen and oxygen atoms in total. The van der Waals surface area contributed by atoms with Crippen LogP contribution in [0.1, 0.15) is 34.5 Å². The second-order valence-corrected chi connectivity index (χ2v) is 7.49. The van der Waals surface area contributed by atoms with Crippen molar-refractivity contribution in [3.63, 3.8) is 0 Å². The third-order valence-electron chi connectivity index (χ3n) is 5.14. The normalized spacial score (nSPS) is 13.4. The predicted octanol–water partition coefficient (Wildman–Crippen LogP) is 5.00. The SMILES string of the molecule is COc1ccccc1C(=O)N(Cc1cccn1Cc1ccccc1Cl)C1CC1. The first kappa shape index (κ1) is 18.6. The van der Waals surface area contributed by atoms with Crippen molar-refractivity contribution in [2.75, 3.05) is 7.11 Å². The van der Waals surface area contributed by atoms with Gasteiger partial charge in [-0.1, -0.05) is 41.9 Å². The molecule has 1 aromatic heterocycles. The lowest BCUT2D eigenvalue weighted by atomic mass is 10.1. The highest BCUT2D eigenvalue weighted by atomic mass is 35.5. The van der Waals surface area contributed by atoms with Crippen molar-refractivity contribution in [3.05, 3.63) is 88.7 Å². The fourth-order valence-corrected chi connectivity index (χ4v) is 3.66. The van der Waals surface area contributed by atoms with Crippen molar-refractivity contribution in [1.82, 2.24) is 9.47 Å². The maximum atomic E-state index is 13.3. The average Bonchev–Trinajstić information content (AvgIpc) is 3.47. The van der Waals surface area contributed by atoms with Gasteiger partial charge in [0.1, 0.15) is 5.75 Å². The summed E-state index contributed by atoms with van der Waals surface area (Å²) in [5.41, 5.74) is 2.77. The van der Waals surface area contributed by atoms with Crippen molar-refractivity contribution in [2.45, 2.75) is 32.0 Å². The summed E-state index contributed by atoms with van der Waals surface area (Å²) in [5.74, 6) is 0.634. The van der Waals surface area contributed by atoms with Gasteiger partial charge in [-0.25, -0.2) is 0 Å². The summed E-state index contributed by atoms with van der Waals surface area (Å²) < 4.78 is 7.56. The number of ether oxygens (including phenoxy) is 1. The van der Waals surface area contributed by atoms with Gasteiger partial charge < -0.3 is 14.2 Å². The minimum Gasteiger partial charge on any atom is -0.496 e. The van der Waals surface area contributed by atoms with E-state index in [2.05, 4.69) is 10.6 Å². The number of hydrogen-bond acceptors (Lipinski definition) is 2. The molecular formula is C23H23ClN2O2. The lowest BCUT2D eigenvalue weighted by molar-refractivity contribution is 0.0722. The van der Waals surface area contributed by atoms with Crippen molar-refractivity contribution < 1.29 is 9.53 Å². The fourth-order valence-electron chi connectivity index (χ4n) is 3.46. The number of methoxy groups -OCH3 is 1. The van der Waals surface area contributed by atoms with E-state index in [1.54, 1.807) is 7.11 Å². The van der Waals surface area contributed by atoms with Crippen molar-refractivity contribution in [2.24, 2.45) is 0 Å². The van der Waals surface area contributed by atoms with E-state index in [1.807, 2.05) is 65.7 Å². The van der Waals surface area contributed by atoms with Crippen molar-refractivity contribution >= 4 is 17.5 Å². The van der Waals surface area contributed by atoms with Crippen molar-refractivity contribution in [1.29, 1.82) is 0 Å². The Kier molecular flexibility index (Phi) is 5.40. The van der Waals surface area contributed by atoms with Crippen LogP contribution in [-0.2, 0) is 13.1 Å². The smallest absolute Gasteiger partial charge is 0.258 e. The third kappa shape index (κ3) is 3.92. The molecule has 0 aliphatic heterocycles. The van der Waals surface area contributed by atoms with Crippen molar-refractivity contribution in [3.8, 4) is 5.75 Å². The molecule has 1 fully saturated rings. The maximum absolute atomic E-state index is 13.3. The Morgan fingerprint density at radius 3 is 2.61 bits per heavy atom. The molecule has 144 valence electrons. The highest BCUT2D eigenvalue weighted by Gasteiger charge is 2.34. The topological polar surface area (TPSA) is 34.5 Å². The molecule has 0 radical (unpaired) electrons. The highest BCUT2D eigenvalue weighted by Crippen LogP contribution is 2.32. The van der Waals surface area contributed by atoms with Gasteiger partial charge in [0.25, 0.3) is 5.91 Å². The summed E-state index contributed by atoms with van der Waals surface area (Å²) in [6, 6.07) is 19.7. The first-order chi connectivity index (χ1) is 13.7. The van der Waals surface area contributed by atoms with E-state index < -0.39 is 0 Å². The molecule has 0 spiro atoms. The van der Waals surface area contributed by atoms with Crippen LogP contribution in [0.15, 0.2) is 66.9 Å². The van der Waals surface area contributed by atoms with Crippen LogP contribution < -0.4 is 4.74 Å². The molecule has 0 atom stereocenters. The summed E-state index contributed by atoms with van der Waals surface area (Å²) in [5, 5.41) is 0.756. The van der Waals surface area contributed by atoms with Crippen LogP contribution in [0, 0.1) is 0 Å². The van der Waals surface area contributed by atoms with Gasteiger partial charge in [0.15, 0.2) is 0 Å². The zero-order valence-corrected chi connectivity index (χ0v) is 16.6. The van der Waals surface area contributed by atoms with E-state index in [9.17, 15) is 4.79 Å². The fraction of sp³-hybridized carbons (Fsp3) is 0.261. The van der Waals surface area contributed by atoms with Crippen LogP contribution in [-0.4, -0.2) is 28.5 Å². The number of nitrogens with zero attached hydrogens (tertiary/aromatic N) is 2. The molecule has 1 saturated carbocycles. The molecule has 0 bridgehead atoms. The maximum Gasteiger partial charge on any atom is 0.258 e. The molecule has 1 heterocycles. The Balaban J connectivity index is 1.58. The number of amides is 1. The summed E-state index contributed by atoms with van der Waals surface area (Å²) in [7, 11) is 1.60. The predicted molar refractivity (Wildman–Crippen MR) is 111 cm³/mol. The molecule has 1 aliphatic rings. The third-order valence-corrected chi connectivity index (χ3v) is 5.51. The summed E-state index contributed by atoms with van der Waals surface area (Å²) in [4.78, 5) is 15.2. The lowest BCUT2D eigenvalue weighted by Gasteiger charge is -2.24. The van der Waals surface area contributed by atoms with Gasteiger partial charge in [-0.3, -0.25) is 4.79 Å². The monoisotopic (exact) mass is 394 g/mol. The molecule has 1 aliphatic carbocycles. The molecule has 4 rings (SSSR count). The van der Waals surface area contributed by atoms with E-state index in [0.29, 0.717) is 30.4 Å². The largest absolute Gasteiger partial charge is 0.496 e. The van der Waals surface area contributed by atoms with Gasteiger partial charge >= 0.3 is 0 Å². The number of carbonyl (C=O) groups excluding carboxylic acids is 1. The van der Waals surface area contributed by atoms with Crippen LogP contribution in [0.25, 0.3) is 0 Å². The molecule has 0 N–H and O–H groups in total. The first-order valence-corrected chi connectivity index (χ1v) is 9.86. The van der Waals surface area contributed by atoms with Gasteiger partial charge in [0.05, 0.1) is 19.2 Å². The Hall–Kier alpha value is -2.72. The van der Waals surface area contributed by atoms with Gasteiger partial charge in [-0.15, -0.1) is 0 Å². The Morgan fingerprint density at radius 1 is 1.11 bits per heavy atom. The quantitative estimate of drug-likeness (QED) is 0.565. The van der Waals surface area contributed by atoms with Crippen LogP contribution in [0.5, 0.6) is 5.75 Å². The average molecular weight is 395 g/mol. The Labute approximate surface area is 170 Å². The second kappa shape index (κ2) is 8.11. The number of carbonyl (C=O) groups is 1. The van der Waals surface area contributed by atoms with E-state index in [0.717, 1.165) is 29.1 Å². The van der Waals surface area contributed by atoms with E-state index in [1.165, 1.54) is 0 Å². The molecule has 0 unspecified atom stereocenters. The number of para-hydroxylation sites is 1. The summed E-state index contributed by atoms with van der Waals surface area (Å²) >= 11 is 6.33. The second-order valence-electron chi connectivity index (χ2n) is 7.08. The molecule has 2 aromatic carbocycles. The number of aromatic nitrogens is 1. The molecule has 28 heavy (non-hydrogen) atoms. The van der Waals surface area contributed by atoms with Crippen LogP contribution >= 0.6 is 11.6 Å². The van der Waals surface area contributed by atoms with E-state index in [-0.39, 0.29) is 5.91 Å². The van der Waals surface area contributed by atoms with Crippen LogP contribution in [0.4, 0.5) is 0 Å². The number of halogens is 1. The summed E-state index contributed by atoms with van der Waals surface area (Å²) in [6.45, 7) is 1.25. The number of hydrogen-bond donors (Lipinski definition) is 0. The summed E-state index contributed by atoms with van der Waals surface area (Å²) in [6.07, 6.45) is 4.13. The molecule has 1 amide bonds. The Bertz CT molecular complexity index is 978. The molecule has 0 saturated heterocycles. The first-order valence-electron chi connectivity index (χ1n) is 9.49. The molecular weight excluding hydrogens is 372 g/mol. The molecule has 3 aromatic rings. The van der Waals surface area contributed by atoms with Crippen LogP contribution in [0.2, 0.25) is 5.02 Å². The minimum absolute atomic E-state index is 0.0189. The van der Waals surface area contributed by atoms with Gasteiger partial charge in [0.2, 0.25) is 0 Å². The highest BCUT2D eigenvalue weighted by molar-refractivity contribution is 6.31. The van der Waals surface area contributed by atoms with Crippen LogP contribution in [0.3, 0.4) is 0 Å². The zero-order valence-electron chi connectivity index (χ0n) is 15.8.